The van der Waals surface area contributed by atoms with Crippen LogP contribution in [0.25, 0.3) is 0 Å². The molecule has 0 aromatic heterocycles. The van der Waals surface area contributed by atoms with Gasteiger partial charge in [0.15, 0.2) is 0 Å². The molecule has 3 aliphatic rings. The summed E-state index contributed by atoms with van der Waals surface area (Å²) >= 11 is 0. The summed E-state index contributed by atoms with van der Waals surface area (Å²) in [6.45, 7) is 9.09. The topological polar surface area (TPSA) is 15.3 Å². The fourth-order valence-corrected chi connectivity index (χ4v) is 3.33. The first-order chi connectivity index (χ1) is 8.23. The molecule has 1 unspecified atom stereocenters. The van der Waals surface area contributed by atoms with E-state index < -0.39 is 0 Å². The second-order valence-corrected chi connectivity index (χ2v) is 7.17. The van der Waals surface area contributed by atoms with Gasteiger partial charge in [0.05, 0.1) is 0 Å². The SMILES string of the molecule is CC1(CN(CC2CC2)CC2CC2)CCCNC1. The van der Waals surface area contributed by atoms with Gasteiger partial charge in [-0.15, -0.1) is 0 Å². The average molecular weight is 236 g/mol. The lowest BCUT2D eigenvalue weighted by molar-refractivity contribution is 0.125. The van der Waals surface area contributed by atoms with Crippen LogP contribution in [0, 0.1) is 17.3 Å². The number of rotatable bonds is 6. The van der Waals surface area contributed by atoms with E-state index in [9.17, 15) is 0 Å². The summed E-state index contributed by atoms with van der Waals surface area (Å²) in [5.74, 6) is 2.10. The Kier molecular flexibility index (Phi) is 3.45. The quantitative estimate of drug-likeness (QED) is 0.762. The highest BCUT2D eigenvalue weighted by atomic mass is 15.1. The molecule has 17 heavy (non-hydrogen) atoms. The molecule has 2 nitrogen and oxygen atoms in total. The van der Waals surface area contributed by atoms with Crippen molar-refractivity contribution in [3.8, 4) is 0 Å². The van der Waals surface area contributed by atoms with Gasteiger partial charge in [0.1, 0.15) is 0 Å². The van der Waals surface area contributed by atoms with Crippen molar-refractivity contribution < 1.29 is 0 Å². The van der Waals surface area contributed by atoms with Crippen molar-refractivity contribution >= 4 is 0 Å². The van der Waals surface area contributed by atoms with Crippen molar-refractivity contribution in [2.24, 2.45) is 17.3 Å². The molecule has 0 aromatic carbocycles. The van der Waals surface area contributed by atoms with Crippen LogP contribution in [0.1, 0.15) is 45.4 Å². The summed E-state index contributed by atoms with van der Waals surface area (Å²) in [6, 6.07) is 0. The molecule has 98 valence electrons. The molecule has 0 aromatic rings. The Morgan fingerprint density at radius 3 is 2.24 bits per heavy atom. The van der Waals surface area contributed by atoms with E-state index in [4.69, 9.17) is 0 Å². The maximum atomic E-state index is 3.59. The minimum Gasteiger partial charge on any atom is -0.316 e. The molecule has 0 spiro atoms. The lowest BCUT2D eigenvalue weighted by Crippen LogP contribution is -2.46. The molecule has 0 radical (unpaired) electrons. The van der Waals surface area contributed by atoms with Crippen LogP contribution in [0.3, 0.4) is 0 Å². The van der Waals surface area contributed by atoms with E-state index in [1.54, 1.807) is 0 Å². The molecule has 0 amide bonds. The minimum atomic E-state index is 0.544. The number of hydrogen-bond donors (Lipinski definition) is 1. The van der Waals surface area contributed by atoms with Crippen LogP contribution < -0.4 is 5.32 Å². The number of nitrogens with zero attached hydrogens (tertiary/aromatic N) is 1. The summed E-state index contributed by atoms with van der Waals surface area (Å²) in [7, 11) is 0. The van der Waals surface area contributed by atoms with Gasteiger partial charge in [0, 0.05) is 26.2 Å². The Balaban J connectivity index is 1.52. The van der Waals surface area contributed by atoms with Crippen molar-refractivity contribution in [2.45, 2.75) is 45.4 Å². The predicted molar refractivity (Wildman–Crippen MR) is 72.1 cm³/mol. The summed E-state index contributed by atoms with van der Waals surface area (Å²) in [6.07, 6.45) is 8.78. The Labute approximate surface area is 106 Å². The molecule has 1 aliphatic heterocycles. The maximum Gasteiger partial charge on any atom is 0.00477 e. The third-order valence-electron chi connectivity index (χ3n) is 4.72. The number of piperidine rings is 1. The molecule has 2 saturated carbocycles. The van der Waals surface area contributed by atoms with Crippen LogP contribution in [0.15, 0.2) is 0 Å². The predicted octanol–water partition coefficient (Wildman–Crippen LogP) is 2.50. The van der Waals surface area contributed by atoms with E-state index in [-0.39, 0.29) is 0 Å². The smallest absolute Gasteiger partial charge is 0.00477 e. The third kappa shape index (κ3) is 3.69. The van der Waals surface area contributed by atoms with E-state index >= 15 is 0 Å². The molecular formula is C15H28N2. The van der Waals surface area contributed by atoms with Crippen LogP contribution >= 0.6 is 0 Å². The average Bonchev–Trinajstić information content (AvgIpc) is 3.14. The fraction of sp³-hybridized carbons (Fsp3) is 1.00. The van der Waals surface area contributed by atoms with Crippen LogP contribution in [0.4, 0.5) is 0 Å². The first-order valence-electron chi connectivity index (χ1n) is 7.67. The van der Waals surface area contributed by atoms with Gasteiger partial charge in [0.2, 0.25) is 0 Å². The molecule has 0 bridgehead atoms. The van der Waals surface area contributed by atoms with Gasteiger partial charge in [-0.3, -0.25) is 0 Å². The normalized spacial score (nSPS) is 34.2. The van der Waals surface area contributed by atoms with Gasteiger partial charge in [-0.1, -0.05) is 6.92 Å². The standard InChI is InChI=1S/C15H28N2/c1-15(7-2-8-16-11-15)12-17(9-13-3-4-13)10-14-5-6-14/h13-14,16H,2-12H2,1H3. The Hall–Kier alpha value is -0.0800. The zero-order chi connectivity index (χ0) is 11.7. The van der Waals surface area contributed by atoms with Gasteiger partial charge >= 0.3 is 0 Å². The van der Waals surface area contributed by atoms with Gasteiger partial charge in [-0.2, -0.15) is 0 Å². The van der Waals surface area contributed by atoms with Crippen LogP contribution in [-0.4, -0.2) is 37.6 Å². The summed E-state index contributed by atoms with van der Waals surface area (Å²) in [5.41, 5.74) is 0.544. The summed E-state index contributed by atoms with van der Waals surface area (Å²) < 4.78 is 0. The number of hydrogen-bond acceptors (Lipinski definition) is 2. The maximum absolute atomic E-state index is 3.59. The van der Waals surface area contributed by atoms with Gasteiger partial charge in [-0.25, -0.2) is 0 Å². The molecule has 1 saturated heterocycles. The zero-order valence-electron chi connectivity index (χ0n) is 11.4. The second-order valence-electron chi connectivity index (χ2n) is 7.17. The monoisotopic (exact) mass is 236 g/mol. The first-order valence-corrected chi connectivity index (χ1v) is 7.67. The highest BCUT2D eigenvalue weighted by Crippen LogP contribution is 2.36. The largest absolute Gasteiger partial charge is 0.316 e. The number of nitrogens with one attached hydrogen (secondary N) is 1. The van der Waals surface area contributed by atoms with E-state index in [0.717, 1.165) is 11.8 Å². The van der Waals surface area contributed by atoms with E-state index in [1.165, 1.54) is 71.2 Å². The second kappa shape index (κ2) is 4.89. The molecule has 2 heteroatoms. The van der Waals surface area contributed by atoms with Gasteiger partial charge < -0.3 is 10.2 Å². The first kappa shape index (κ1) is 12.0. The van der Waals surface area contributed by atoms with Crippen molar-refractivity contribution in [3.05, 3.63) is 0 Å². The lowest BCUT2D eigenvalue weighted by atomic mass is 9.82. The highest BCUT2D eigenvalue weighted by molar-refractivity contribution is 4.88. The van der Waals surface area contributed by atoms with Crippen LogP contribution in [0.2, 0.25) is 0 Å². The summed E-state index contributed by atoms with van der Waals surface area (Å²) in [5, 5.41) is 3.59. The van der Waals surface area contributed by atoms with Crippen LogP contribution in [0.5, 0.6) is 0 Å². The Bertz CT molecular complexity index is 236. The Morgan fingerprint density at radius 1 is 1.12 bits per heavy atom. The molecule has 2 aliphatic carbocycles. The minimum absolute atomic E-state index is 0.544. The van der Waals surface area contributed by atoms with Crippen LogP contribution in [-0.2, 0) is 0 Å². The molecule has 3 rings (SSSR count). The van der Waals surface area contributed by atoms with E-state index in [1.807, 2.05) is 0 Å². The van der Waals surface area contributed by atoms with E-state index in [0.29, 0.717) is 5.41 Å². The highest BCUT2D eigenvalue weighted by Gasteiger charge is 2.34. The van der Waals surface area contributed by atoms with Crippen molar-refractivity contribution in [2.75, 3.05) is 32.7 Å². The molecular weight excluding hydrogens is 208 g/mol. The fourth-order valence-electron chi connectivity index (χ4n) is 3.33. The lowest BCUT2D eigenvalue weighted by Gasteiger charge is -2.39. The van der Waals surface area contributed by atoms with Crippen molar-refractivity contribution in [3.63, 3.8) is 0 Å². The third-order valence-corrected chi connectivity index (χ3v) is 4.72. The molecule has 1 atom stereocenters. The zero-order valence-corrected chi connectivity index (χ0v) is 11.4. The molecule has 3 fully saturated rings. The van der Waals surface area contributed by atoms with Gasteiger partial charge in [-0.05, 0) is 62.3 Å². The molecule has 1 heterocycles. The Morgan fingerprint density at radius 2 is 1.76 bits per heavy atom. The van der Waals surface area contributed by atoms with Gasteiger partial charge in [0.25, 0.3) is 0 Å². The van der Waals surface area contributed by atoms with Crippen molar-refractivity contribution in [1.29, 1.82) is 0 Å². The van der Waals surface area contributed by atoms with E-state index in [2.05, 4.69) is 17.1 Å². The van der Waals surface area contributed by atoms with Crippen molar-refractivity contribution in [1.82, 2.24) is 10.2 Å². The summed E-state index contributed by atoms with van der Waals surface area (Å²) in [4.78, 5) is 2.81. The molecule has 1 N–H and O–H groups in total.